The van der Waals surface area contributed by atoms with E-state index in [1.54, 1.807) is 30.3 Å². The van der Waals surface area contributed by atoms with Gasteiger partial charge >= 0.3 is 0 Å². The van der Waals surface area contributed by atoms with Crippen LogP contribution in [0.4, 0.5) is 17.1 Å². The van der Waals surface area contributed by atoms with Crippen LogP contribution in [0, 0.1) is 6.92 Å². The fourth-order valence-corrected chi connectivity index (χ4v) is 3.94. The van der Waals surface area contributed by atoms with Crippen LogP contribution >= 0.6 is 11.8 Å². The standard InChI is InChI=1S/C25H25N3O3S/c1-16-7-4-5-10-23(16)25(31)28-21-8-6-9-22(15-21)32-17(2)24(30)27-20-13-11-19(12-14-20)26-18(3)29/h4-15,17H,1-3H3,(H,26,29)(H,27,30)(H,28,31). The molecule has 0 bridgehead atoms. The van der Waals surface area contributed by atoms with Crippen LogP contribution in [0.3, 0.4) is 0 Å². The fraction of sp³-hybridized carbons (Fsp3) is 0.160. The Bertz CT molecular complexity index is 1130. The van der Waals surface area contributed by atoms with Crippen molar-refractivity contribution in [3.05, 3.63) is 83.9 Å². The third-order valence-electron chi connectivity index (χ3n) is 4.64. The predicted octanol–water partition coefficient (Wildman–Crippen LogP) is 5.33. The second kappa shape index (κ2) is 10.6. The normalized spacial score (nSPS) is 11.3. The Morgan fingerprint density at radius 2 is 1.44 bits per heavy atom. The summed E-state index contributed by atoms with van der Waals surface area (Å²) < 4.78 is 0. The van der Waals surface area contributed by atoms with Crippen molar-refractivity contribution >= 4 is 46.5 Å². The molecule has 3 N–H and O–H groups in total. The number of rotatable bonds is 7. The highest BCUT2D eigenvalue weighted by Gasteiger charge is 2.15. The highest BCUT2D eigenvalue weighted by Crippen LogP contribution is 2.27. The molecule has 3 amide bonds. The maximum atomic E-state index is 12.6. The maximum Gasteiger partial charge on any atom is 0.255 e. The topological polar surface area (TPSA) is 87.3 Å². The summed E-state index contributed by atoms with van der Waals surface area (Å²) in [4.78, 5) is 37.1. The van der Waals surface area contributed by atoms with E-state index in [2.05, 4.69) is 16.0 Å². The van der Waals surface area contributed by atoms with Crippen molar-refractivity contribution in [3.8, 4) is 0 Å². The first kappa shape index (κ1) is 23.1. The molecular formula is C25H25N3O3S. The molecule has 3 aromatic rings. The van der Waals surface area contributed by atoms with Crippen LogP contribution in [0.1, 0.15) is 29.8 Å². The van der Waals surface area contributed by atoms with Crippen LogP contribution < -0.4 is 16.0 Å². The summed E-state index contributed by atoms with van der Waals surface area (Å²) in [5, 5.41) is 8.13. The Morgan fingerprint density at radius 1 is 0.781 bits per heavy atom. The van der Waals surface area contributed by atoms with Crippen molar-refractivity contribution in [2.75, 3.05) is 16.0 Å². The first-order valence-electron chi connectivity index (χ1n) is 10.1. The number of hydrogen-bond acceptors (Lipinski definition) is 4. The van der Waals surface area contributed by atoms with Gasteiger partial charge in [-0.1, -0.05) is 24.3 Å². The lowest BCUT2D eigenvalue weighted by Gasteiger charge is -2.14. The first-order chi connectivity index (χ1) is 15.3. The van der Waals surface area contributed by atoms with Crippen molar-refractivity contribution in [2.45, 2.75) is 30.9 Å². The monoisotopic (exact) mass is 447 g/mol. The van der Waals surface area contributed by atoms with Gasteiger partial charge in [-0.05, 0) is 67.9 Å². The fourth-order valence-electron chi connectivity index (χ4n) is 3.01. The Labute approximate surface area is 191 Å². The third-order valence-corrected chi connectivity index (χ3v) is 5.73. The molecule has 6 nitrogen and oxygen atoms in total. The number of amides is 3. The SMILES string of the molecule is CC(=O)Nc1ccc(NC(=O)C(C)Sc2cccc(NC(=O)c3ccccc3C)c2)cc1. The molecule has 1 atom stereocenters. The summed E-state index contributed by atoms with van der Waals surface area (Å²) in [6.07, 6.45) is 0. The second-order valence-corrected chi connectivity index (χ2v) is 8.72. The zero-order chi connectivity index (χ0) is 23.1. The van der Waals surface area contributed by atoms with Gasteiger partial charge in [-0.25, -0.2) is 0 Å². The van der Waals surface area contributed by atoms with E-state index in [1.807, 2.05) is 56.3 Å². The lowest BCUT2D eigenvalue weighted by molar-refractivity contribution is -0.115. The van der Waals surface area contributed by atoms with Gasteiger partial charge in [0, 0.05) is 34.4 Å². The number of carbonyl (C=O) groups excluding carboxylic acids is 3. The largest absolute Gasteiger partial charge is 0.326 e. The van der Waals surface area contributed by atoms with E-state index in [1.165, 1.54) is 18.7 Å². The van der Waals surface area contributed by atoms with Crippen LogP contribution in [0.2, 0.25) is 0 Å². The molecule has 1 unspecified atom stereocenters. The van der Waals surface area contributed by atoms with E-state index in [0.29, 0.717) is 22.6 Å². The van der Waals surface area contributed by atoms with Crippen molar-refractivity contribution in [1.29, 1.82) is 0 Å². The van der Waals surface area contributed by atoms with Gasteiger partial charge in [0.2, 0.25) is 11.8 Å². The van der Waals surface area contributed by atoms with Gasteiger partial charge in [-0.15, -0.1) is 11.8 Å². The van der Waals surface area contributed by atoms with Gasteiger partial charge in [-0.3, -0.25) is 14.4 Å². The summed E-state index contributed by atoms with van der Waals surface area (Å²) in [6.45, 7) is 5.16. The molecule has 0 spiro atoms. The number of hydrogen-bond donors (Lipinski definition) is 3. The third kappa shape index (κ3) is 6.46. The molecule has 0 aromatic heterocycles. The van der Waals surface area contributed by atoms with Gasteiger partial charge in [0.1, 0.15) is 0 Å². The summed E-state index contributed by atoms with van der Waals surface area (Å²) in [5.41, 5.74) is 3.52. The molecule has 0 aliphatic carbocycles. The van der Waals surface area contributed by atoms with Crippen molar-refractivity contribution in [2.24, 2.45) is 0 Å². The van der Waals surface area contributed by atoms with Gasteiger partial charge in [0.25, 0.3) is 5.91 Å². The van der Waals surface area contributed by atoms with Crippen LogP contribution in [0.5, 0.6) is 0 Å². The van der Waals surface area contributed by atoms with E-state index < -0.39 is 0 Å². The molecule has 7 heteroatoms. The van der Waals surface area contributed by atoms with Crippen LogP contribution in [-0.2, 0) is 9.59 Å². The number of thioether (sulfide) groups is 1. The molecule has 3 rings (SSSR count). The van der Waals surface area contributed by atoms with E-state index >= 15 is 0 Å². The molecule has 3 aromatic carbocycles. The Morgan fingerprint density at radius 3 is 2.09 bits per heavy atom. The molecule has 164 valence electrons. The lowest BCUT2D eigenvalue weighted by atomic mass is 10.1. The summed E-state index contributed by atoms with van der Waals surface area (Å²) in [7, 11) is 0. The number of anilines is 3. The zero-order valence-electron chi connectivity index (χ0n) is 18.1. The maximum absolute atomic E-state index is 12.6. The molecule has 0 heterocycles. The summed E-state index contributed by atoms with van der Waals surface area (Å²) in [6, 6.07) is 21.8. The molecule has 0 fully saturated rings. The average molecular weight is 448 g/mol. The van der Waals surface area contributed by atoms with E-state index in [4.69, 9.17) is 0 Å². The van der Waals surface area contributed by atoms with Crippen molar-refractivity contribution < 1.29 is 14.4 Å². The Kier molecular flexibility index (Phi) is 7.68. The number of carbonyl (C=O) groups is 3. The van der Waals surface area contributed by atoms with Crippen molar-refractivity contribution in [3.63, 3.8) is 0 Å². The molecule has 0 saturated carbocycles. The van der Waals surface area contributed by atoms with Crippen molar-refractivity contribution in [1.82, 2.24) is 0 Å². The molecule has 0 saturated heterocycles. The van der Waals surface area contributed by atoms with Crippen LogP contribution in [-0.4, -0.2) is 23.0 Å². The predicted molar refractivity (Wildman–Crippen MR) is 130 cm³/mol. The molecule has 0 aliphatic heterocycles. The smallest absolute Gasteiger partial charge is 0.255 e. The van der Waals surface area contributed by atoms with E-state index in [-0.39, 0.29) is 23.0 Å². The van der Waals surface area contributed by atoms with Gasteiger partial charge in [-0.2, -0.15) is 0 Å². The lowest BCUT2D eigenvalue weighted by Crippen LogP contribution is -2.22. The second-order valence-electron chi connectivity index (χ2n) is 7.30. The minimum absolute atomic E-state index is 0.142. The zero-order valence-corrected chi connectivity index (χ0v) is 19.0. The summed E-state index contributed by atoms with van der Waals surface area (Å²) in [5.74, 6) is -0.459. The quantitative estimate of drug-likeness (QED) is 0.428. The van der Waals surface area contributed by atoms with E-state index in [0.717, 1.165) is 10.5 Å². The highest BCUT2D eigenvalue weighted by atomic mass is 32.2. The molecular weight excluding hydrogens is 422 g/mol. The minimum atomic E-state index is -0.354. The Hall–Kier alpha value is -3.58. The van der Waals surface area contributed by atoms with Gasteiger partial charge < -0.3 is 16.0 Å². The number of aryl methyl sites for hydroxylation is 1. The summed E-state index contributed by atoms with van der Waals surface area (Å²) >= 11 is 1.40. The van der Waals surface area contributed by atoms with Crippen LogP contribution in [0.15, 0.2) is 77.7 Å². The van der Waals surface area contributed by atoms with Gasteiger partial charge in [0.05, 0.1) is 5.25 Å². The average Bonchev–Trinajstić information content (AvgIpc) is 2.75. The first-order valence-corrected chi connectivity index (χ1v) is 11.0. The minimum Gasteiger partial charge on any atom is -0.326 e. The molecule has 32 heavy (non-hydrogen) atoms. The van der Waals surface area contributed by atoms with Gasteiger partial charge in [0.15, 0.2) is 0 Å². The number of nitrogens with one attached hydrogen (secondary N) is 3. The highest BCUT2D eigenvalue weighted by molar-refractivity contribution is 8.00. The Balaban J connectivity index is 1.59. The number of benzene rings is 3. The van der Waals surface area contributed by atoms with E-state index in [9.17, 15) is 14.4 Å². The van der Waals surface area contributed by atoms with Crippen LogP contribution in [0.25, 0.3) is 0 Å². The molecule has 0 radical (unpaired) electrons. The molecule has 0 aliphatic rings.